The number of hydrogen-bond donors (Lipinski definition) is 0. The third-order valence-electron chi connectivity index (χ3n) is 10.1. The van der Waals surface area contributed by atoms with E-state index >= 15 is 0 Å². The zero-order chi connectivity index (χ0) is 44.6. The van der Waals surface area contributed by atoms with Crippen molar-refractivity contribution in [2.24, 2.45) is 17.8 Å². The Morgan fingerprint density at radius 3 is 1.08 bits per heavy atom. The van der Waals surface area contributed by atoms with Gasteiger partial charge in [0.25, 0.3) is 0 Å². The van der Waals surface area contributed by atoms with Gasteiger partial charge in [0.15, 0.2) is 0 Å². The third kappa shape index (κ3) is 31.2. The molecule has 0 unspecified atom stereocenters. The van der Waals surface area contributed by atoms with Crippen LogP contribution in [0.3, 0.4) is 0 Å². The summed E-state index contributed by atoms with van der Waals surface area (Å²) in [6.45, 7) is 24.5. The van der Waals surface area contributed by atoms with E-state index in [0.29, 0.717) is 89.0 Å². The Morgan fingerprint density at radius 1 is 0.424 bits per heavy atom. The van der Waals surface area contributed by atoms with Gasteiger partial charge in [0.05, 0.1) is 70.3 Å². The van der Waals surface area contributed by atoms with Crippen molar-refractivity contribution in [2.45, 2.75) is 198 Å². The molecule has 0 aromatic heterocycles. The van der Waals surface area contributed by atoms with Gasteiger partial charge in [-0.1, -0.05) is 93.4 Å². The van der Waals surface area contributed by atoms with E-state index in [-0.39, 0.29) is 18.1 Å². The van der Waals surface area contributed by atoms with E-state index < -0.39 is 30.4 Å². The van der Waals surface area contributed by atoms with Gasteiger partial charge in [-0.25, -0.2) is 0 Å². The molecule has 0 aromatic rings. The molecule has 0 amide bonds. The summed E-state index contributed by atoms with van der Waals surface area (Å²) in [5, 5.41) is 0. The van der Waals surface area contributed by atoms with Crippen LogP contribution in [-0.4, -0.2) is 76.5 Å². The maximum atomic E-state index is 13.1. The first-order chi connectivity index (χ1) is 28.0. The highest BCUT2D eigenvalue weighted by atomic mass is 31.2. The molecule has 12 nitrogen and oxygen atoms in total. The van der Waals surface area contributed by atoms with Crippen LogP contribution in [0.4, 0.5) is 0 Å². The first-order valence-corrected chi connectivity index (χ1v) is 30.5. The monoisotopic (exact) mass is 925 g/mol. The smallest absolute Gasteiger partial charge is 0.309 e. The molecule has 0 aliphatic heterocycles. The Balaban J connectivity index is 0.000000862. The van der Waals surface area contributed by atoms with Crippen molar-refractivity contribution in [3.05, 3.63) is 0 Å². The van der Waals surface area contributed by atoms with Crippen molar-refractivity contribution in [2.75, 3.05) is 64.3 Å². The van der Waals surface area contributed by atoms with Crippen molar-refractivity contribution in [3.8, 4) is 0 Å². The van der Waals surface area contributed by atoms with Crippen LogP contribution in [0.15, 0.2) is 0 Å². The second kappa shape index (κ2) is 34.9. The van der Waals surface area contributed by atoms with E-state index in [0.717, 1.165) is 57.8 Å². The molecular weight excluding hydrogens is 832 g/mol. The summed E-state index contributed by atoms with van der Waals surface area (Å²) in [6.07, 6.45) is 20.0. The van der Waals surface area contributed by atoms with E-state index in [1.807, 2.05) is 13.8 Å². The summed E-state index contributed by atoms with van der Waals surface area (Å²) < 4.78 is 94.3. The molecule has 0 bridgehead atoms. The van der Waals surface area contributed by atoms with Crippen LogP contribution in [0.1, 0.15) is 185 Å². The van der Waals surface area contributed by atoms with Crippen LogP contribution in [0.2, 0.25) is 0 Å². The van der Waals surface area contributed by atoms with Crippen LogP contribution in [-0.2, 0) is 54.5 Å². The number of hydrogen-bond acceptors (Lipinski definition) is 12. The predicted molar refractivity (Wildman–Crippen MR) is 247 cm³/mol. The summed E-state index contributed by atoms with van der Waals surface area (Å²) in [4.78, 5) is 0. The van der Waals surface area contributed by atoms with Gasteiger partial charge < -0.3 is 36.2 Å². The van der Waals surface area contributed by atoms with Crippen molar-refractivity contribution >= 4 is 30.4 Å². The van der Waals surface area contributed by atoms with Crippen molar-refractivity contribution in [1.29, 1.82) is 0 Å². The zero-order valence-electron chi connectivity index (χ0n) is 39.7. The van der Waals surface area contributed by atoms with Gasteiger partial charge in [-0.3, -0.25) is 18.3 Å². The maximum Gasteiger partial charge on any atom is 0.331 e. The molecule has 2 fully saturated rings. The van der Waals surface area contributed by atoms with Crippen LogP contribution in [0.25, 0.3) is 0 Å². The summed E-state index contributed by atoms with van der Waals surface area (Å²) >= 11 is 0. The van der Waals surface area contributed by atoms with Gasteiger partial charge in [0.1, 0.15) is 0 Å². The molecule has 2 rings (SSSR count). The molecule has 0 spiro atoms. The van der Waals surface area contributed by atoms with Gasteiger partial charge in [-0.2, -0.15) is 0 Å². The third-order valence-corrected chi connectivity index (χ3v) is 18.5. The van der Waals surface area contributed by atoms with Crippen LogP contribution < -0.4 is 0 Å². The standard InChI is InChI=1S/C16H31O3P.C14H32O6P2.C13H29O3P/c1-2-3-14-20(17,18-15-10-6-4-7-11-15)19-16-12-8-5-9-13-16;1-6-17-21(15,18-7-2)12-10-14(5)11-13-22(16,19-8-3)20-9-4;1-6-11-17(14,15-9-7-12(2)3)16-10-8-13(4)5/h15-16H,2-14H2,1H3;14H,6-13H2,1-5H3;12-13H,6-11H2,1-5H3. The molecule has 2 saturated carbocycles. The predicted octanol–water partition coefficient (Wildman–Crippen LogP) is 15.3. The van der Waals surface area contributed by atoms with Gasteiger partial charge >= 0.3 is 30.4 Å². The van der Waals surface area contributed by atoms with Crippen LogP contribution >= 0.6 is 30.4 Å². The fraction of sp³-hybridized carbons (Fsp3) is 1.00. The summed E-state index contributed by atoms with van der Waals surface area (Å²) in [5.41, 5.74) is 0. The average molecular weight is 925 g/mol. The van der Waals surface area contributed by atoms with Crippen molar-refractivity contribution in [1.82, 2.24) is 0 Å². The number of unbranched alkanes of at least 4 members (excludes halogenated alkanes) is 1. The highest BCUT2D eigenvalue weighted by Crippen LogP contribution is 2.54. The minimum absolute atomic E-state index is 0.176. The van der Waals surface area contributed by atoms with Crippen molar-refractivity contribution in [3.63, 3.8) is 0 Å². The largest absolute Gasteiger partial charge is 0.331 e. The van der Waals surface area contributed by atoms with Crippen LogP contribution in [0, 0.1) is 17.8 Å². The van der Waals surface area contributed by atoms with Gasteiger partial charge in [-0.05, 0) is 110 Å². The molecule has 0 heterocycles. The molecule has 2 aliphatic rings. The first-order valence-electron chi connectivity index (χ1n) is 23.6. The lowest BCUT2D eigenvalue weighted by Crippen LogP contribution is -2.21. The fourth-order valence-corrected chi connectivity index (χ4v) is 14.3. The molecule has 16 heteroatoms. The molecule has 0 saturated heterocycles. The van der Waals surface area contributed by atoms with Crippen LogP contribution in [0.5, 0.6) is 0 Å². The van der Waals surface area contributed by atoms with E-state index in [1.54, 1.807) is 27.7 Å². The summed E-state index contributed by atoms with van der Waals surface area (Å²) in [5.74, 6) is 1.38. The highest BCUT2D eigenvalue weighted by Gasteiger charge is 2.33. The molecule has 0 radical (unpaired) electrons. The Kier molecular flexibility index (Phi) is 35.3. The second-order valence-corrected chi connectivity index (χ2v) is 25.5. The minimum Gasteiger partial charge on any atom is -0.309 e. The summed E-state index contributed by atoms with van der Waals surface area (Å²) in [7, 11) is -11.7. The fourth-order valence-electron chi connectivity index (χ4n) is 6.59. The molecule has 0 N–H and O–H groups in total. The van der Waals surface area contributed by atoms with Gasteiger partial charge in [0, 0.05) is 6.16 Å². The highest BCUT2D eigenvalue weighted by molar-refractivity contribution is 7.54. The number of rotatable bonds is 31. The topological polar surface area (TPSA) is 142 Å². The zero-order valence-corrected chi connectivity index (χ0v) is 43.2. The van der Waals surface area contributed by atoms with E-state index in [2.05, 4.69) is 34.6 Å². The first kappa shape index (κ1) is 59.6. The average Bonchev–Trinajstić information content (AvgIpc) is 3.17. The Labute approximate surface area is 363 Å². The summed E-state index contributed by atoms with van der Waals surface area (Å²) in [6, 6.07) is 0. The molecule has 59 heavy (non-hydrogen) atoms. The lowest BCUT2D eigenvalue weighted by atomic mass is 9.98. The van der Waals surface area contributed by atoms with E-state index in [9.17, 15) is 18.3 Å². The lowest BCUT2D eigenvalue weighted by Gasteiger charge is -2.31. The van der Waals surface area contributed by atoms with Gasteiger partial charge in [0.2, 0.25) is 0 Å². The van der Waals surface area contributed by atoms with Crippen molar-refractivity contribution < 1.29 is 54.5 Å². The van der Waals surface area contributed by atoms with E-state index in [1.165, 1.54) is 38.5 Å². The molecule has 2 aliphatic carbocycles. The van der Waals surface area contributed by atoms with Gasteiger partial charge in [-0.15, -0.1) is 0 Å². The normalized spacial score (nSPS) is 16.3. The molecule has 356 valence electrons. The minimum atomic E-state index is -2.99. The SMILES string of the molecule is CCCCP(=O)(OC1CCCCC1)OC1CCCCC1.CCCP(=O)(OCCC(C)C)OCCC(C)C.CCOP(=O)(CCC(C)CCP(=O)(OCC)OCC)OCC. The molecule has 0 aromatic carbocycles. The molecule has 0 atom stereocenters. The Morgan fingerprint density at radius 2 is 0.780 bits per heavy atom. The lowest BCUT2D eigenvalue weighted by molar-refractivity contribution is 0.0789. The Hall–Kier alpha value is 0.600. The quantitative estimate of drug-likeness (QED) is 0.0611. The molecular formula is C43H92O12P4. The maximum absolute atomic E-state index is 13.1. The second-order valence-electron chi connectivity index (χ2n) is 16.8. The van der Waals surface area contributed by atoms with E-state index in [4.69, 9.17) is 36.2 Å². The Bertz CT molecular complexity index is 1100.